The van der Waals surface area contributed by atoms with Gasteiger partial charge in [0.1, 0.15) is 0 Å². The maximum absolute atomic E-state index is 8.50. The van der Waals surface area contributed by atoms with Crippen molar-refractivity contribution in [3.8, 4) is 6.07 Å². The van der Waals surface area contributed by atoms with E-state index < -0.39 is 8.80 Å². The highest BCUT2D eigenvalue weighted by Gasteiger charge is 2.36. The average molecular weight is 225 g/mol. The Bertz CT molecular complexity index is 216. The first-order valence-corrected chi connectivity index (χ1v) is 9.11. The van der Waals surface area contributed by atoms with E-state index in [4.69, 9.17) is 10.00 Å². The summed E-state index contributed by atoms with van der Waals surface area (Å²) in [6.45, 7) is 5.76. The van der Waals surface area contributed by atoms with E-state index in [2.05, 4.69) is 19.2 Å². The lowest BCUT2D eigenvalue weighted by Gasteiger charge is -2.40. The van der Waals surface area contributed by atoms with E-state index in [1.54, 1.807) is 0 Å². The van der Waals surface area contributed by atoms with Crippen molar-refractivity contribution < 1.29 is 4.74 Å². The molecule has 0 bridgehead atoms. The summed E-state index contributed by atoms with van der Waals surface area (Å²) in [4.78, 5) is 0. The van der Waals surface area contributed by atoms with E-state index in [9.17, 15) is 0 Å². The van der Waals surface area contributed by atoms with Crippen LogP contribution < -0.4 is 0 Å². The van der Waals surface area contributed by atoms with Crippen LogP contribution in [0.3, 0.4) is 0 Å². The van der Waals surface area contributed by atoms with Gasteiger partial charge in [0.2, 0.25) is 0 Å². The monoisotopic (exact) mass is 225 g/mol. The second-order valence-corrected chi connectivity index (χ2v) is 8.25. The van der Waals surface area contributed by atoms with Gasteiger partial charge < -0.3 is 4.74 Å². The van der Waals surface area contributed by atoms with E-state index >= 15 is 0 Å². The number of hydrogen-bond acceptors (Lipinski definition) is 2. The van der Waals surface area contributed by atoms with Gasteiger partial charge in [0.05, 0.1) is 20.1 Å². The van der Waals surface area contributed by atoms with Crippen LogP contribution in [0.15, 0.2) is 0 Å². The minimum atomic E-state index is -0.744. The van der Waals surface area contributed by atoms with E-state index in [1.807, 2.05) is 0 Å². The zero-order chi connectivity index (χ0) is 11.1. The van der Waals surface area contributed by atoms with E-state index in [0.29, 0.717) is 6.42 Å². The van der Waals surface area contributed by atoms with Gasteiger partial charge in [0.15, 0.2) is 0 Å². The highest BCUT2D eigenvalue weighted by molar-refractivity contribution is 6.59. The molecule has 15 heavy (non-hydrogen) atoms. The summed E-state index contributed by atoms with van der Waals surface area (Å²) in [5, 5.41) is 8.76. The summed E-state index contributed by atoms with van der Waals surface area (Å²) >= 11 is 0. The van der Waals surface area contributed by atoms with E-state index in [-0.39, 0.29) is 5.22 Å². The summed E-state index contributed by atoms with van der Waals surface area (Å²) in [7, 11) is -0.744. The number of unbranched alkanes of at least 4 members (excludes halogenated alkanes) is 2. The van der Waals surface area contributed by atoms with Crippen LogP contribution in [-0.4, -0.2) is 20.6 Å². The molecule has 1 atom stereocenters. The van der Waals surface area contributed by atoms with Crippen LogP contribution in [0.5, 0.6) is 0 Å². The second kappa shape index (κ2) is 6.29. The molecule has 0 N–H and O–H groups in total. The minimum Gasteiger partial charge on any atom is -0.379 e. The first kappa shape index (κ1) is 12.7. The molecule has 0 amide bonds. The topological polar surface area (TPSA) is 33.0 Å². The Morgan fingerprint density at radius 2 is 2.13 bits per heavy atom. The third-order valence-corrected chi connectivity index (χ3v) is 6.42. The summed E-state index contributed by atoms with van der Waals surface area (Å²) in [5.74, 6) is 0. The normalized spacial score (nSPS) is 26.5. The molecule has 0 aromatic carbocycles. The van der Waals surface area contributed by atoms with Gasteiger partial charge in [0, 0.05) is 13.0 Å². The Morgan fingerprint density at radius 1 is 1.33 bits per heavy atom. The van der Waals surface area contributed by atoms with Gasteiger partial charge in [-0.1, -0.05) is 13.1 Å². The number of nitriles is 1. The predicted octanol–water partition coefficient (Wildman–Crippen LogP) is 3.04. The van der Waals surface area contributed by atoms with Crippen LogP contribution in [0.25, 0.3) is 0 Å². The zero-order valence-corrected chi connectivity index (χ0v) is 11.2. The molecule has 0 saturated carbocycles. The largest absolute Gasteiger partial charge is 0.379 e. The van der Waals surface area contributed by atoms with Crippen molar-refractivity contribution in [2.75, 3.05) is 6.61 Å². The minimum absolute atomic E-state index is 0.258. The first-order chi connectivity index (χ1) is 7.21. The van der Waals surface area contributed by atoms with Gasteiger partial charge in [-0.3, -0.25) is 0 Å². The summed E-state index contributed by atoms with van der Waals surface area (Å²) in [6.07, 6.45) is 7.95. The highest BCUT2D eigenvalue weighted by atomic mass is 28.3. The Hall–Kier alpha value is -0.333. The third kappa shape index (κ3) is 3.62. The standard InChI is InChI=1S/C12H23NOSi/c1-15(2)12(8-4-3-6-10-13)9-5-7-11-14-12/h15H,3-9,11H2,1-2H3. The van der Waals surface area contributed by atoms with Crippen LogP contribution in [-0.2, 0) is 4.74 Å². The zero-order valence-electron chi connectivity index (χ0n) is 10.1. The SMILES string of the molecule is C[SiH](C)C1(CCCCC#N)CCCCO1. The molecule has 0 aliphatic carbocycles. The fourth-order valence-electron chi connectivity index (χ4n) is 2.44. The van der Waals surface area contributed by atoms with Crippen LogP contribution in [0.1, 0.15) is 44.9 Å². The molecule has 1 unspecified atom stereocenters. The molecule has 1 rings (SSSR count). The summed E-state index contributed by atoms with van der Waals surface area (Å²) in [6, 6.07) is 2.22. The molecule has 1 saturated heterocycles. The predicted molar refractivity (Wildman–Crippen MR) is 65.5 cm³/mol. The Labute approximate surface area is 95.2 Å². The molecule has 1 aliphatic rings. The lowest BCUT2D eigenvalue weighted by Crippen LogP contribution is -2.47. The number of rotatable bonds is 5. The van der Waals surface area contributed by atoms with E-state index in [1.165, 1.54) is 32.1 Å². The van der Waals surface area contributed by atoms with Crippen LogP contribution in [0.2, 0.25) is 13.1 Å². The van der Waals surface area contributed by atoms with E-state index in [0.717, 1.165) is 13.0 Å². The molecule has 0 spiro atoms. The number of hydrogen-bond donors (Lipinski definition) is 0. The fourth-order valence-corrected chi connectivity index (χ4v) is 4.46. The average Bonchev–Trinajstić information content (AvgIpc) is 2.26. The smallest absolute Gasteiger partial charge is 0.0695 e. The lowest BCUT2D eigenvalue weighted by atomic mass is 10.0. The van der Waals surface area contributed by atoms with Crippen molar-refractivity contribution in [2.24, 2.45) is 0 Å². The van der Waals surface area contributed by atoms with Crippen molar-refractivity contribution in [2.45, 2.75) is 63.3 Å². The molecule has 2 nitrogen and oxygen atoms in total. The molecule has 1 fully saturated rings. The van der Waals surface area contributed by atoms with Crippen molar-refractivity contribution in [3.63, 3.8) is 0 Å². The molecule has 0 radical (unpaired) electrons. The van der Waals surface area contributed by atoms with Crippen LogP contribution in [0, 0.1) is 11.3 Å². The van der Waals surface area contributed by atoms with Gasteiger partial charge in [-0.25, -0.2) is 0 Å². The van der Waals surface area contributed by atoms with Crippen LogP contribution in [0.4, 0.5) is 0 Å². The molecule has 0 aromatic heterocycles. The van der Waals surface area contributed by atoms with Gasteiger partial charge in [-0.2, -0.15) is 5.26 Å². The fraction of sp³-hybridized carbons (Fsp3) is 0.917. The molecule has 1 aliphatic heterocycles. The Morgan fingerprint density at radius 3 is 2.67 bits per heavy atom. The maximum Gasteiger partial charge on any atom is 0.0695 e. The number of nitrogens with zero attached hydrogens (tertiary/aromatic N) is 1. The molecule has 0 aromatic rings. The molecule has 1 heterocycles. The van der Waals surface area contributed by atoms with Crippen molar-refractivity contribution in [3.05, 3.63) is 0 Å². The van der Waals surface area contributed by atoms with Gasteiger partial charge in [-0.05, 0) is 38.5 Å². The van der Waals surface area contributed by atoms with Crippen molar-refractivity contribution >= 4 is 8.80 Å². The summed E-state index contributed by atoms with van der Waals surface area (Å²) < 4.78 is 6.09. The van der Waals surface area contributed by atoms with Crippen molar-refractivity contribution in [1.29, 1.82) is 5.26 Å². The second-order valence-electron chi connectivity index (χ2n) is 4.89. The van der Waals surface area contributed by atoms with Gasteiger partial charge in [0.25, 0.3) is 0 Å². The third-order valence-electron chi connectivity index (χ3n) is 3.57. The van der Waals surface area contributed by atoms with Gasteiger partial charge >= 0.3 is 0 Å². The lowest BCUT2D eigenvalue weighted by molar-refractivity contribution is -0.0290. The Balaban J connectivity index is 2.39. The molecule has 86 valence electrons. The first-order valence-electron chi connectivity index (χ1n) is 6.22. The number of ether oxygens (including phenoxy) is 1. The molecule has 3 heteroatoms. The van der Waals surface area contributed by atoms with Crippen molar-refractivity contribution in [1.82, 2.24) is 0 Å². The maximum atomic E-state index is 8.50. The summed E-state index contributed by atoms with van der Waals surface area (Å²) in [5.41, 5.74) is 0. The quantitative estimate of drug-likeness (QED) is 0.532. The van der Waals surface area contributed by atoms with Gasteiger partial charge in [-0.15, -0.1) is 0 Å². The highest BCUT2D eigenvalue weighted by Crippen LogP contribution is 2.32. The molecular weight excluding hydrogens is 202 g/mol. The van der Waals surface area contributed by atoms with Crippen LogP contribution >= 0.6 is 0 Å². The Kier molecular flexibility index (Phi) is 5.34. The molecular formula is C12H23NOSi.